The molecular formula is C20H21NO4. The molecule has 0 aliphatic carbocycles. The van der Waals surface area contributed by atoms with E-state index in [1.165, 1.54) is 6.07 Å². The third kappa shape index (κ3) is 3.37. The molecule has 130 valence electrons. The van der Waals surface area contributed by atoms with Gasteiger partial charge in [0.15, 0.2) is 5.76 Å². The monoisotopic (exact) mass is 339 g/mol. The van der Waals surface area contributed by atoms with Crippen LogP contribution in [0.5, 0.6) is 17.2 Å². The number of ketones is 1. The molecule has 1 aliphatic heterocycles. The number of ether oxygens (including phenoxy) is 2. The number of benzene rings is 2. The lowest BCUT2D eigenvalue weighted by atomic mass is 10.0. The van der Waals surface area contributed by atoms with Crippen LogP contribution in [0.15, 0.2) is 42.2 Å². The van der Waals surface area contributed by atoms with Crippen molar-refractivity contribution in [1.82, 2.24) is 4.90 Å². The molecule has 3 rings (SSSR count). The Morgan fingerprint density at radius 3 is 2.68 bits per heavy atom. The van der Waals surface area contributed by atoms with Crippen LogP contribution in [0.2, 0.25) is 0 Å². The minimum absolute atomic E-state index is 0.121. The van der Waals surface area contributed by atoms with Gasteiger partial charge in [-0.2, -0.15) is 0 Å². The number of aromatic hydroxyl groups is 1. The molecule has 0 aromatic heterocycles. The minimum atomic E-state index is -0.193. The lowest BCUT2D eigenvalue weighted by Crippen LogP contribution is -2.11. The molecule has 1 N–H and O–H groups in total. The maximum atomic E-state index is 12.7. The van der Waals surface area contributed by atoms with Gasteiger partial charge in [0.2, 0.25) is 5.78 Å². The average molecular weight is 339 g/mol. The maximum absolute atomic E-state index is 12.7. The van der Waals surface area contributed by atoms with Gasteiger partial charge in [-0.3, -0.25) is 4.79 Å². The summed E-state index contributed by atoms with van der Waals surface area (Å²) in [7, 11) is 3.79. The number of fused-ring (bicyclic) bond motifs is 1. The summed E-state index contributed by atoms with van der Waals surface area (Å²) in [5.41, 5.74) is 1.85. The van der Waals surface area contributed by atoms with E-state index in [2.05, 4.69) is 0 Å². The zero-order valence-corrected chi connectivity index (χ0v) is 14.6. The number of rotatable bonds is 5. The molecule has 0 amide bonds. The molecule has 2 aromatic carbocycles. The number of phenols is 1. The van der Waals surface area contributed by atoms with Gasteiger partial charge in [0.25, 0.3) is 0 Å². The summed E-state index contributed by atoms with van der Waals surface area (Å²) in [4.78, 5) is 14.6. The van der Waals surface area contributed by atoms with Crippen LogP contribution in [0, 0.1) is 0 Å². The molecule has 5 heteroatoms. The third-order valence-electron chi connectivity index (χ3n) is 3.90. The molecule has 0 spiro atoms. The molecule has 0 fully saturated rings. The molecule has 0 saturated heterocycles. The summed E-state index contributed by atoms with van der Waals surface area (Å²) in [5, 5.41) is 10.1. The van der Waals surface area contributed by atoms with Crippen LogP contribution in [-0.4, -0.2) is 36.5 Å². The van der Waals surface area contributed by atoms with Gasteiger partial charge in [-0.1, -0.05) is 18.2 Å². The molecule has 1 heterocycles. The molecule has 0 saturated carbocycles. The predicted molar refractivity (Wildman–Crippen MR) is 96.0 cm³/mol. The molecule has 25 heavy (non-hydrogen) atoms. The number of carbonyl (C=O) groups excluding carboxylic acids is 1. The molecule has 0 atom stereocenters. The minimum Gasteiger partial charge on any atom is -0.507 e. The topological polar surface area (TPSA) is 59.0 Å². The third-order valence-corrected chi connectivity index (χ3v) is 3.90. The quantitative estimate of drug-likeness (QED) is 0.845. The fourth-order valence-corrected chi connectivity index (χ4v) is 2.79. The highest BCUT2D eigenvalue weighted by molar-refractivity contribution is 6.15. The Balaban J connectivity index is 2.01. The van der Waals surface area contributed by atoms with E-state index in [0.717, 1.165) is 5.56 Å². The summed E-state index contributed by atoms with van der Waals surface area (Å²) in [6.07, 6.45) is 1.68. The van der Waals surface area contributed by atoms with Gasteiger partial charge in [-0.05, 0) is 45.3 Å². The Morgan fingerprint density at radius 1 is 1.20 bits per heavy atom. The van der Waals surface area contributed by atoms with Crippen molar-refractivity contribution in [3.8, 4) is 17.2 Å². The number of hydrogen-bond donors (Lipinski definition) is 1. The smallest absolute Gasteiger partial charge is 0.231 e. The first-order valence-corrected chi connectivity index (χ1v) is 8.17. The highest BCUT2D eigenvalue weighted by Gasteiger charge is 2.31. The molecule has 0 bridgehead atoms. The van der Waals surface area contributed by atoms with Crippen LogP contribution >= 0.6 is 0 Å². The van der Waals surface area contributed by atoms with Gasteiger partial charge in [-0.25, -0.2) is 0 Å². The lowest BCUT2D eigenvalue weighted by Gasteiger charge is -2.14. The van der Waals surface area contributed by atoms with Crippen LogP contribution in [-0.2, 0) is 6.54 Å². The first kappa shape index (κ1) is 17.0. The summed E-state index contributed by atoms with van der Waals surface area (Å²) in [5.74, 6) is 1.28. The fourth-order valence-electron chi connectivity index (χ4n) is 2.79. The number of nitrogens with zero attached hydrogens (tertiary/aromatic N) is 1. The standard InChI is InChI=1S/C20H21NO4/c1-4-24-17-8-6-5-7-13(17)11-18-19(23)14-9-10-16(22)15(12-21(2)3)20(14)25-18/h5-11,22H,4,12H2,1-3H3/b18-11-. The van der Waals surface area contributed by atoms with Crippen LogP contribution in [0.25, 0.3) is 6.08 Å². The highest BCUT2D eigenvalue weighted by Crippen LogP contribution is 2.40. The number of phenolic OH excluding ortho intramolecular Hbond substituents is 1. The van der Waals surface area contributed by atoms with Crippen molar-refractivity contribution in [2.45, 2.75) is 13.5 Å². The van der Waals surface area contributed by atoms with Crippen molar-refractivity contribution in [1.29, 1.82) is 0 Å². The van der Waals surface area contributed by atoms with Crippen LogP contribution < -0.4 is 9.47 Å². The van der Waals surface area contributed by atoms with E-state index in [0.29, 0.717) is 35.8 Å². The van der Waals surface area contributed by atoms with Gasteiger partial charge in [0.05, 0.1) is 17.7 Å². The summed E-state index contributed by atoms with van der Waals surface area (Å²) in [6, 6.07) is 10.6. The van der Waals surface area contributed by atoms with Gasteiger partial charge >= 0.3 is 0 Å². The van der Waals surface area contributed by atoms with E-state index >= 15 is 0 Å². The van der Waals surface area contributed by atoms with Gasteiger partial charge in [0, 0.05) is 12.1 Å². The average Bonchev–Trinajstić information content (AvgIpc) is 2.88. The van der Waals surface area contributed by atoms with E-state index in [-0.39, 0.29) is 17.3 Å². The maximum Gasteiger partial charge on any atom is 0.231 e. The number of hydrogen-bond acceptors (Lipinski definition) is 5. The number of para-hydroxylation sites is 1. The largest absolute Gasteiger partial charge is 0.507 e. The summed E-state index contributed by atoms with van der Waals surface area (Å²) in [6.45, 7) is 2.93. The number of carbonyl (C=O) groups is 1. The first-order valence-electron chi connectivity index (χ1n) is 8.17. The summed E-state index contributed by atoms with van der Waals surface area (Å²) < 4.78 is 11.4. The first-order chi connectivity index (χ1) is 12.0. The van der Waals surface area contributed by atoms with Crippen LogP contribution in [0.4, 0.5) is 0 Å². The second kappa shape index (κ2) is 6.99. The summed E-state index contributed by atoms with van der Waals surface area (Å²) >= 11 is 0. The Hall–Kier alpha value is -2.79. The Morgan fingerprint density at radius 2 is 1.96 bits per heavy atom. The van der Waals surface area contributed by atoms with Crippen molar-refractivity contribution in [2.24, 2.45) is 0 Å². The molecule has 5 nitrogen and oxygen atoms in total. The Bertz CT molecular complexity index is 840. The van der Waals surface area contributed by atoms with E-state index in [1.807, 2.05) is 50.2 Å². The second-order valence-electron chi connectivity index (χ2n) is 6.09. The van der Waals surface area contributed by atoms with Gasteiger partial charge < -0.3 is 19.5 Å². The SMILES string of the molecule is CCOc1ccccc1/C=C1\Oc2c(ccc(O)c2CN(C)C)C1=O. The molecule has 2 aromatic rings. The lowest BCUT2D eigenvalue weighted by molar-refractivity contribution is 0.101. The van der Waals surface area contributed by atoms with Crippen LogP contribution in [0.1, 0.15) is 28.4 Å². The number of Topliss-reactive ketones (excluding diaryl/α,β-unsaturated/α-hetero) is 1. The molecular weight excluding hydrogens is 318 g/mol. The second-order valence-corrected chi connectivity index (χ2v) is 6.09. The Kier molecular flexibility index (Phi) is 4.76. The van der Waals surface area contributed by atoms with E-state index in [9.17, 15) is 9.90 Å². The fraction of sp³-hybridized carbons (Fsp3) is 0.250. The van der Waals surface area contributed by atoms with E-state index < -0.39 is 0 Å². The van der Waals surface area contributed by atoms with Crippen molar-refractivity contribution in [3.63, 3.8) is 0 Å². The van der Waals surface area contributed by atoms with Crippen LogP contribution in [0.3, 0.4) is 0 Å². The van der Waals surface area contributed by atoms with Crippen molar-refractivity contribution in [2.75, 3.05) is 20.7 Å². The Labute approximate surface area is 147 Å². The predicted octanol–water partition coefficient (Wildman–Crippen LogP) is 3.47. The van der Waals surface area contributed by atoms with Crippen molar-refractivity contribution in [3.05, 3.63) is 58.8 Å². The van der Waals surface area contributed by atoms with Gasteiger partial charge in [0.1, 0.15) is 17.2 Å². The molecule has 0 unspecified atom stereocenters. The highest BCUT2D eigenvalue weighted by atomic mass is 16.5. The zero-order valence-electron chi connectivity index (χ0n) is 14.6. The number of allylic oxidation sites excluding steroid dienone is 1. The normalized spacial score (nSPS) is 14.7. The van der Waals surface area contributed by atoms with Crippen molar-refractivity contribution >= 4 is 11.9 Å². The van der Waals surface area contributed by atoms with E-state index in [4.69, 9.17) is 9.47 Å². The van der Waals surface area contributed by atoms with Gasteiger partial charge in [-0.15, -0.1) is 0 Å². The van der Waals surface area contributed by atoms with E-state index in [1.54, 1.807) is 12.1 Å². The molecule has 0 radical (unpaired) electrons. The van der Waals surface area contributed by atoms with Crippen molar-refractivity contribution < 1.29 is 19.4 Å². The molecule has 1 aliphatic rings. The zero-order chi connectivity index (χ0) is 18.0.